The minimum absolute atomic E-state index is 0.0926. The van der Waals surface area contributed by atoms with Gasteiger partial charge in [0.2, 0.25) is 0 Å². The first kappa shape index (κ1) is 20.1. The third-order valence-electron chi connectivity index (χ3n) is 3.57. The van der Waals surface area contributed by atoms with Gasteiger partial charge in [0, 0.05) is 17.9 Å². The van der Waals surface area contributed by atoms with Crippen molar-refractivity contribution in [1.82, 2.24) is 9.88 Å². The summed E-state index contributed by atoms with van der Waals surface area (Å²) in [6, 6.07) is 9.19. The molecular weight excluding hydrogens is 363 g/mol. The minimum Gasteiger partial charge on any atom is -0.497 e. The Bertz CT molecular complexity index is 799. The number of benzene rings is 1. The number of alkyl halides is 3. The fraction of sp³-hybridized carbons (Fsp3) is 0.333. The number of nitriles is 1. The normalized spacial score (nSPS) is 11.5. The summed E-state index contributed by atoms with van der Waals surface area (Å²) in [6.45, 7) is 0.658. The summed E-state index contributed by atoms with van der Waals surface area (Å²) in [5.74, 6) is 1.12. The van der Waals surface area contributed by atoms with Gasteiger partial charge in [0.1, 0.15) is 16.8 Å². The van der Waals surface area contributed by atoms with E-state index in [-0.39, 0.29) is 10.7 Å². The van der Waals surface area contributed by atoms with Crippen LogP contribution < -0.4 is 4.74 Å². The Kier molecular flexibility index (Phi) is 6.51. The second kappa shape index (κ2) is 8.43. The van der Waals surface area contributed by atoms with Gasteiger partial charge in [-0.15, -0.1) is 11.8 Å². The van der Waals surface area contributed by atoms with E-state index in [1.54, 1.807) is 30.3 Å². The lowest BCUT2D eigenvalue weighted by atomic mass is 10.1. The Morgan fingerprint density at radius 3 is 2.38 bits per heavy atom. The average Bonchev–Trinajstić information content (AvgIpc) is 2.60. The van der Waals surface area contributed by atoms with Gasteiger partial charge in [-0.2, -0.15) is 18.4 Å². The molecule has 1 heterocycles. The zero-order valence-electron chi connectivity index (χ0n) is 14.6. The predicted octanol–water partition coefficient (Wildman–Crippen LogP) is 4.30. The molecule has 0 aliphatic heterocycles. The lowest BCUT2D eigenvalue weighted by Crippen LogP contribution is -2.15. The summed E-state index contributed by atoms with van der Waals surface area (Å²) in [4.78, 5) is 6.24. The molecule has 1 aromatic heterocycles. The third kappa shape index (κ3) is 4.90. The molecule has 0 bridgehead atoms. The van der Waals surface area contributed by atoms with Crippen LogP contribution in [-0.2, 0) is 6.18 Å². The molecular formula is C18H18F3N3OS. The van der Waals surface area contributed by atoms with Crippen LogP contribution in [0.3, 0.4) is 0 Å². The maximum Gasteiger partial charge on any atom is 0.417 e. The van der Waals surface area contributed by atoms with Gasteiger partial charge in [0.15, 0.2) is 0 Å². The van der Waals surface area contributed by atoms with Gasteiger partial charge in [0.25, 0.3) is 0 Å². The summed E-state index contributed by atoms with van der Waals surface area (Å²) in [5.41, 5.74) is -0.701. The van der Waals surface area contributed by atoms with Crippen molar-refractivity contribution in [2.45, 2.75) is 11.2 Å². The number of thioether (sulfide) groups is 1. The highest BCUT2D eigenvalue weighted by Crippen LogP contribution is 2.38. The maximum atomic E-state index is 13.5. The smallest absolute Gasteiger partial charge is 0.417 e. The number of halogens is 3. The highest BCUT2D eigenvalue weighted by molar-refractivity contribution is 7.99. The summed E-state index contributed by atoms with van der Waals surface area (Å²) in [7, 11) is 5.25. The van der Waals surface area contributed by atoms with E-state index in [1.807, 2.05) is 19.0 Å². The monoisotopic (exact) mass is 381 g/mol. The average molecular weight is 381 g/mol. The van der Waals surface area contributed by atoms with Crippen molar-refractivity contribution in [3.05, 3.63) is 41.5 Å². The number of aromatic nitrogens is 1. The molecule has 0 radical (unpaired) electrons. The molecule has 1 aromatic carbocycles. The number of rotatable bonds is 6. The molecule has 2 rings (SSSR count). The van der Waals surface area contributed by atoms with Gasteiger partial charge in [-0.1, -0.05) is 0 Å². The van der Waals surface area contributed by atoms with E-state index in [9.17, 15) is 18.4 Å². The van der Waals surface area contributed by atoms with Crippen molar-refractivity contribution >= 4 is 11.8 Å². The van der Waals surface area contributed by atoms with Crippen LogP contribution in [0.25, 0.3) is 11.3 Å². The molecule has 138 valence electrons. The summed E-state index contributed by atoms with van der Waals surface area (Å²) in [5, 5.41) is 9.36. The molecule has 0 fully saturated rings. The fourth-order valence-electron chi connectivity index (χ4n) is 2.19. The molecule has 0 atom stereocenters. The first-order valence-corrected chi connectivity index (χ1v) is 8.69. The van der Waals surface area contributed by atoms with Crippen molar-refractivity contribution in [2.75, 3.05) is 33.5 Å². The number of pyridine rings is 1. The van der Waals surface area contributed by atoms with E-state index >= 15 is 0 Å². The van der Waals surface area contributed by atoms with E-state index in [0.717, 1.165) is 17.8 Å². The van der Waals surface area contributed by atoms with Crippen molar-refractivity contribution < 1.29 is 17.9 Å². The molecule has 0 N–H and O–H groups in total. The maximum absolute atomic E-state index is 13.5. The molecule has 8 heteroatoms. The molecule has 0 spiro atoms. The molecule has 4 nitrogen and oxygen atoms in total. The third-order valence-corrected chi connectivity index (χ3v) is 4.52. The van der Waals surface area contributed by atoms with Crippen LogP contribution in [0.2, 0.25) is 0 Å². The number of hydrogen-bond acceptors (Lipinski definition) is 5. The van der Waals surface area contributed by atoms with Crippen LogP contribution in [0.15, 0.2) is 35.4 Å². The standard InChI is InChI=1S/C18H18F3N3OS/c1-24(2)8-9-26-17-14(11-22)15(18(19,20)21)10-16(23-17)12-4-6-13(25-3)7-5-12/h4-7,10H,8-9H2,1-3H3. The molecule has 2 aromatic rings. The molecule has 0 saturated carbocycles. The first-order valence-electron chi connectivity index (χ1n) is 7.70. The van der Waals surface area contributed by atoms with E-state index in [0.29, 0.717) is 23.6 Å². The van der Waals surface area contributed by atoms with Crippen LogP contribution in [0.5, 0.6) is 5.75 Å². The summed E-state index contributed by atoms with van der Waals surface area (Å²) >= 11 is 1.15. The Morgan fingerprint density at radius 2 is 1.88 bits per heavy atom. The van der Waals surface area contributed by atoms with Gasteiger partial charge in [-0.05, 0) is 44.4 Å². The Labute approximate surface area is 154 Å². The van der Waals surface area contributed by atoms with E-state index in [1.165, 1.54) is 7.11 Å². The molecule has 0 unspecified atom stereocenters. The quantitative estimate of drug-likeness (QED) is 0.698. The molecule has 26 heavy (non-hydrogen) atoms. The largest absolute Gasteiger partial charge is 0.497 e. The zero-order valence-corrected chi connectivity index (χ0v) is 15.4. The van der Waals surface area contributed by atoms with Crippen LogP contribution in [0, 0.1) is 11.3 Å². The minimum atomic E-state index is -4.63. The van der Waals surface area contributed by atoms with Crippen LogP contribution in [0.1, 0.15) is 11.1 Å². The van der Waals surface area contributed by atoms with E-state index < -0.39 is 17.3 Å². The lowest BCUT2D eigenvalue weighted by Gasteiger charge is -2.15. The Hall–Kier alpha value is -2.24. The second-order valence-electron chi connectivity index (χ2n) is 5.73. The SMILES string of the molecule is COc1ccc(-c2cc(C(F)(F)F)c(C#N)c(SCCN(C)C)n2)cc1. The highest BCUT2D eigenvalue weighted by atomic mass is 32.2. The van der Waals surface area contributed by atoms with Gasteiger partial charge in [-0.25, -0.2) is 4.98 Å². The molecule has 0 saturated heterocycles. The van der Waals surface area contributed by atoms with Crippen molar-refractivity contribution in [3.63, 3.8) is 0 Å². The van der Waals surface area contributed by atoms with Gasteiger partial charge in [-0.3, -0.25) is 0 Å². The van der Waals surface area contributed by atoms with E-state index in [2.05, 4.69) is 4.98 Å². The van der Waals surface area contributed by atoms with Gasteiger partial charge < -0.3 is 9.64 Å². The first-order chi connectivity index (χ1) is 12.3. The van der Waals surface area contributed by atoms with Crippen molar-refractivity contribution in [2.24, 2.45) is 0 Å². The topological polar surface area (TPSA) is 49.1 Å². The summed E-state index contributed by atoms with van der Waals surface area (Å²) in [6.07, 6.45) is -4.63. The number of hydrogen-bond donors (Lipinski definition) is 0. The van der Waals surface area contributed by atoms with Crippen LogP contribution in [-0.4, -0.2) is 43.4 Å². The summed E-state index contributed by atoms with van der Waals surface area (Å²) < 4.78 is 45.5. The van der Waals surface area contributed by atoms with Crippen LogP contribution in [0.4, 0.5) is 13.2 Å². The van der Waals surface area contributed by atoms with Crippen molar-refractivity contribution in [1.29, 1.82) is 5.26 Å². The molecule has 0 aliphatic rings. The zero-order chi connectivity index (χ0) is 19.3. The van der Waals surface area contributed by atoms with Gasteiger partial charge >= 0.3 is 6.18 Å². The van der Waals surface area contributed by atoms with Crippen molar-refractivity contribution in [3.8, 4) is 23.1 Å². The highest BCUT2D eigenvalue weighted by Gasteiger charge is 2.36. The Morgan fingerprint density at radius 1 is 1.23 bits per heavy atom. The molecule has 0 amide bonds. The second-order valence-corrected chi connectivity index (χ2v) is 6.81. The number of methoxy groups -OCH3 is 1. The Balaban J connectivity index is 2.52. The van der Waals surface area contributed by atoms with Crippen LogP contribution >= 0.6 is 11.8 Å². The van der Waals surface area contributed by atoms with Gasteiger partial charge in [0.05, 0.1) is 23.9 Å². The lowest BCUT2D eigenvalue weighted by molar-refractivity contribution is -0.138. The molecule has 0 aliphatic carbocycles. The fourth-order valence-corrected chi connectivity index (χ4v) is 3.30. The predicted molar refractivity (Wildman–Crippen MR) is 95.2 cm³/mol. The number of ether oxygens (including phenoxy) is 1. The number of nitrogens with zero attached hydrogens (tertiary/aromatic N) is 3. The van der Waals surface area contributed by atoms with E-state index in [4.69, 9.17) is 4.74 Å².